The Labute approximate surface area is 195 Å². The topological polar surface area (TPSA) is 41.6 Å². The normalized spacial score (nSPS) is 14.4. The molecule has 2 heterocycles. The van der Waals surface area contributed by atoms with E-state index >= 15 is 0 Å². The summed E-state index contributed by atoms with van der Waals surface area (Å²) in [6, 6.07) is 23.1. The first-order valence-corrected chi connectivity index (χ1v) is 10.6. The van der Waals surface area contributed by atoms with Gasteiger partial charge in [-0.2, -0.15) is 0 Å². The summed E-state index contributed by atoms with van der Waals surface area (Å²) >= 11 is 1.61. The first-order chi connectivity index (χ1) is 13.8. The second-order valence-electron chi connectivity index (χ2n) is 7.04. The van der Waals surface area contributed by atoms with E-state index in [1.165, 1.54) is 16.7 Å². The summed E-state index contributed by atoms with van der Waals surface area (Å²) in [7, 11) is 0. The molecule has 2 aromatic carbocycles. The number of hydrogen-bond donors (Lipinski definition) is 1. The van der Waals surface area contributed by atoms with Crippen molar-refractivity contribution in [2.45, 2.75) is 12.8 Å². The molecule has 1 aliphatic rings. The molecule has 0 aliphatic carbocycles. The predicted octanol–water partition coefficient (Wildman–Crippen LogP) is 5.96. The molecule has 0 atom stereocenters. The van der Waals surface area contributed by atoms with Crippen LogP contribution in [0.15, 0.2) is 83.2 Å². The van der Waals surface area contributed by atoms with Crippen molar-refractivity contribution in [2.24, 2.45) is 10.7 Å². The zero-order chi connectivity index (χ0) is 19.2. The molecule has 3 aromatic rings. The lowest BCUT2D eigenvalue weighted by Crippen LogP contribution is -2.30. The van der Waals surface area contributed by atoms with E-state index in [1.54, 1.807) is 11.3 Å². The van der Waals surface area contributed by atoms with E-state index in [9.17, 15) is 0 Å². The Morgan fingerprint density at radius 2 is 1.73 bits per heavy atom. The fourth-order valence-electron chi connectivity index (χ4n) is 3.47. The number of hydrogen-bond acceptors (Lipinski definition) is 3. The zero-order valence-electron chi connectivity index (χ0n) is 16.7. The molecule has 0 radical (unpaired) electrons. The Hall–Kier alpha value is -2.11. The van der Waals surface area contributed by atoms with E-state index in [4.69, 9.17) is 5.73 Å². The number of nitrogens with two attached hydrogens (primary N) is 1. The summed E-state index contributed by atoms with van der Waals surface area (Å²) < 4.78 is 0. The van der Waals surface area contributed by atoms with E-state index < -0.39 is 0 Å². The van der Waals surface area contributed by atoms with Crippen LogP contribution in [0.2, 0.25) is 0 Å². The molecule has 1 aliphatic heterocycles. The molecule has 4 rings (SSSR count). The number of aliphatic imine (C=N–C) groups is 1. The summed E-state index contributed by atoms with van der Waals surface area (Å²) in [6.07, 6.45) is 4.56. The molecule has 2 N–H and O–H groups in total. The van der Waals surface area contributed by atoms with Crippen molar-refractivity contribution in [3.63, 3.8) is 0 Å². The van der Waals surface area contributed by atoms with E-state index in [1.807, 2.05) is 17.5 Å². The first kappa shape index (κ1) is 24.2. The second kappa shape index (κ2) is 11.9. The van der Waals surface area contributed by atoms with Gasteiger partial charge in [-0.25, -0.2) is 4.99 Å². The van der Waals surface area contributed by atoms with Crippen LogP contribution in [0.5, 0.6) is 0 Å². The van der Waals surface area contributed by atoms with E-state index in [0.717, 1.165) is 43.0 Å². The Bertz CT molecular complexity index is 952. The van der Waals surface area contributed by atoms with Crippen molar-refractivity contribution in [3.05, 3.63) is 94.2 Å². The highest BCUT2D eigenvalue weighted by atomic mass is 35.5. The van der Waals surface area contributed by atoms with Crippen LogP contribution < -0.4 is 5.73 Å². The predicted molar refractivity (Wildman–Crippen MR) is 135 cm³/mol. The molecule has 0 amide bonds. The molecule has 0 unspecified atom stereocenters. The van der Waals surface area contributed by atoms with Crippen molar-refractivity contribution in [1.29, 1.82) is 0 Å². The number of amidine groups is 1. The highest BCUT2D eigenvalue weighted by molar-refractivity contribution is 7.12. The molecule has 0 saturated carbocycles. The van der Waals surface area contributed by atoms with Gasteiger partial charge in [-0.3, -0.25) is 4.90 Å². The summed E-state index contributed by atoms with van der Waals surface area (Å²) in [6.45, 7) is 3.24. The third-order valence-electron chi connectivity index (χ3n) is 5.11. The maximum absolute atomic E-state index is 6.07. The Balaban J connectivity index is 0.00000160. The average Bonchev–Trinajstić information content (AvgIpc) is 3.29. The fourth-order valence-corrected chi connectivity index (χ4v) is 4.10. The van der Waals surface area contributed by atoms with Crippen LogP contribution in [0.25, 0.3) is 5.57 Å². The molecule has 30 heavy (non-hydrogen) atoms. The number of halogens is 2. The third kappa shape index (κ3) is 6.44. The van der Waals surface area contributed by atoms with Gasteiger partial charge in [0.15, 0.2) is 0 Å². The minimum atomic E-state index is 0. The average molecular weight is 460 g/mol. The second-order valence-corrected chi connectivity index (χ2v) is 7.98. The van der Waals surface area contributed by atoms with Gasteiger partial charge in [-0.05, 0) is 53.1 Å². The van der Waals surface area contributed by atoms with Crippen LogP contribution in [-0.2, 0) is 6.42 Å². The van der Waals surface area contributed by atoms with Crippen molar-refractivity contribution < 1.29 is 0 Å². The van der Waals surface area contributed by atoms with E-state index in [0.29, 0.717) is 5.84 Å². The van der Waals surface area contributed by atoms with Crippen molar-refractivity contribution in [2.75, 3.05) is 19.6 Å². The standard InChI is InChI=1S/C24H25N3S.2ClH/c25-24(23-7-4-18-28-23)26-22-10-8-19(9-11-22)12-15-27-16-13-21(14-17-27)20-5-2-1-3-6-20;;/h1-11,13,18H,12,14-17H2,(H2,25,26);2*1H. The van der Waals surface area contributed by atoms with Crippen LogP contribution in [0.4, 0.5) is 5.69 Å². The van der Waals surface area contributed by atoms with Crippen molar-refractivity contribution in [1.82, 2.24) is 4.90 Å². The van der Waals surface area contributed by atoms with Crippen molar-refractivity contribution >= 4 is 53.2 Å². The molecular formula is C24H27Cl2N3S. The molecular weight excluding hydrogens is 433 g/mol. The summed E-state index contributed by atoms with van der Waals surface area (Å²) in [5.41, 5.74) is 11.1. The fraction of sp³-hybridized carbons (Fsp3) is 0.208. The Kier molecular flexibility index (Phi) is 9.60. The van der Waals surface area contributed by atoms with Crippen LogP contribution in [0, 0.1) is 0 Å². The first-order valence-electron chi connectivity index (χ1n) is 9.72. The Morgan fingerprint density at radius 1 is 0.967 bits per heavy atom. The van der Waals surface area contributed by atoms with Gasteiger partial charge >= 0.3 is 0 Å². The quantitative estimate of drug-likeness (QED) is 0.364. The van der Waals surface area contributed by atoms with E-state index in [2.05, 4.69) is 70.6 Å². The molecule has 0 spiro atoms. The number of nitrogens with zero attached hydrogens (tertiary/aromatic N) is 2. The largest absolute Gasteiger partial charge is 0.383 e. The molecule has 0 bridgehead atoms. The lowest BCUT2D eigenvalue weighted by atomic mass is 9.99. The lowest BCUT2D eigenvalue weighted by Gasteiger charge is -2.26. The van der Waals surface area contributed by atoms with Gasteiger partial charge in [0.05, 0.1) is 10.6 Å². The van der Waals surface area contributed by atoms with E-state index in [-0.39, 0.29) is 24.8 Å². The van der Waals surface area contributed by atoms with Gasteiger partial charge in [0.1, 0.15) is 5.84 Å². The monoisotopic (exact) mass is 459 g/mol. The SMILES string of the molecule is Cl.Cl.NC(=Nc1ccc(CCN2CC=C(c3ccccc3)CC2)cc1)c1cccs1. The van der Waals surface area contributed by atoms with Gasteiger partial charge < -0.3 is 5.73 Å². The number of thiophene rings is 1. The highest BCUT2D eigenvalue weighted by Gasteiger charge is 2.12. The van der Waals surface area contributed by atoms with Crippen LogP contribution in [0.1, 0.15) is 22.4 Å². The third-order valence-corrected chi connectivity index (χ3v) is 6.01. The van der Waals surface area contributed by atoms with Crippen molar-refractivity contribution in [3.8, 4) is 0 Å². The van der Waals surface area contributed by atoms with Gasteiger partial charge in [-0.15, -0.1) is 36.2 Å². The smallest absolute Gasteiger partial charge is 0.141 e. The van der Waals surface area contributed by atoms with Gasteiger partial charge in [0.25, 0.3) is 0 Å². The van der Waals surface area contributed by atoms with Gasteiger partial charge in [0, 0.05) is 19.6 Å². The molecule has 1 aromatic heterocycles. The molecule has 0 saturated heterocycles. The molecule has 6 heteroatoms. The van der Waals surface area contributed by atoms with Gasteiger partial charge in [-0.1, -0.05) is 54.6 Å². The highest BCUT2D eigenvalue weighted by Crippen LogP contribution is 2.22. The van der Waals surface area contributed by atoms with Crippen LogP contribution in [-0.4, -0.2) is 30.4 Å². The molecule has 158 valence electrons. The lowest BCUT2D eigenvalue weighted by molar-refractivity contribution is 0.306. The molecule has 0 fully saturated rings. The number of rotatable bonds is 6. The maximum Gasteiger partial charge on any atom is 0.141 e. The minimum absolute atomic E-state index is 0. The Morgan fingerprint density at radius 3 is 2.37 bits per heavy atom. The summed E-state index contributed by atoms with van der Waals surface area (Å²) in [5.74, 6) is 0.581. The summed E-state index contributed by atoms with van der Waals surface area (Å²) in [5, 5.41) is 2.01. The summed E-state index contributed by atoms with van der Waals surface area (Å²) in [4.78, 5) is 8.05. The van der Waals surface area contributed by atoms with Crippen LogP contribution >= 0.6 is 36.2 Å². The van der Waals surface area contributed by atoms with Crippen LogP contribution in [0.3, 0.4) is 0 Å². The van der Waals surface area contributed by atoms with Gasteiger partial charge in [0.2, 0.25) is 0 Å². The zero-order valence-corrected chi connectivity index (χ0v) is 19.2. The maximum atomic E-state index is 6.07. The number of benzene rings is 2. The minimum Gasteiger partial charge on any atom is -0.383 e. The molecule has 3 nitrogen and oxygen atoms in total.